The van der Waals surface area contributed by atoms with E-state index in [1.165, 1.54) is 7.11 Å². The van der Waals surface area contributed by atoms with Crippen molar-refractivity contribution in [2.75, 3.05) is 12.4 Å². The number of benzene rings is 3. The minimum absolute atomic E-state index is 0.230. The van der Waals surface area contributed by atoms with Crippen LogP contribution in [-0.4, -0.2) is 24.1 Å². The molecule has 7 nitrogen and oxygen atoms in total. The van der Waals surface area contributed by atoms with Gasteiger partial charge in [0.1, 0.15) is 18.1 Å². The molecular weight excluding hydrogens is 408 g/mol. The lowest BCUT2D eigenvalue weighted by Crippen LogP contribution is -2.14. The number of amides is 1. The van der Waals surface area contributed by atoms with Gasteiger partial charge < -0.3 is 19.3 Å². The smallest absolute Gasteiger partial charge is 0.337 e. The summed E-state index contributed by atoms with van der Waals surface area (Å²) >= 11 is 0. The lowest BCUT2D eigenvalue weighted by atomic mass is 10.0. The van der Waals surface area contributed by atoms with Gasteiger partial charge in [-0.3, -0.25) is 4.79 Å². The molecule has 1 amide bonds. The topological polar surface area (TPSA) is 90.7 Å². The van der Waals surface area contributed by atoms with Crippen molar-refractivity contribution in [3.05, 3.63) is 88.8 Å². The van der Waals surface area contributed by atoms with E-state index in [1.807, 2.05) is 44.2 Å². The van der Waals surface area contributed by atoms with Crippen LogP contribution < -0.4 is 10.1 Å². The van der Waals surface area contributed by atoms with Crippen LogP contribution >= 0.6 is 0 Å². The highest BCUT2D eigenvalue weighted by molar-refractivity contribution is 6.08. The fourth-order valence-corrected chi connectivity index (χ4v) is 3.38. The Balaban J connectivity index is 1.63. The maximum Gasteiger partial charge on any atom is 0.337 e. The van der Waals surface area contributed by atoms with Gasteiger partial charge in [0.25, 0.3) is 5.91 Å². The minimum atomic E-state index is -0.438. The molecule has 0 saturated heterocycles. The number of esters is 1. The van der Waals surface area contributed by atoms with Crippen molar-refractivity contribution in [2.45, 2.75) is 20.5 Å². The molecule has 162 valence electrons. The number of nitrogens with one attached hydrogen (secondary N) is 1. The van der Waals surface area contributed by atoms with Gasteiger partial charge in [0.15, 0.2) is 0 Å². The third-order valence-electron chi connectivity index (χ3n) is 5.21. The van der Waals surface area contributed by atoms with E-state index in [1.54, 1.807) is 30.3 Å². The predicted molar refractivity (Wildman–Crippen MR) is 120 cm³/mol. The molecule has 0 bridgehead atoms. The molecule has 1 N–H and O–H groups in total. The molecule has 0 atom stereocenters. The van der Waals surface area contributed by atoms with E-state index in [2.05, 4.69) is 10.5 Å². The summed E-state index contributed by atoms with van der Waals surface area (Å²) in [5.74, 6) is 0.370. The Hall–Kier alpha value is -4.13. The molecule has 0 saturated carbocycles. The zero-order valence-electron chi connectivity index (χ0n) is 18.0. The van der Waals surface area contributed by atoms with Crippen LogP contribution in [-0.2, 0) is 11.3 Å². The second kappa shape index (κ2) is 8.93. The van der Waals surface area contributed by atoms with E-state index in [4.69, 9.17) is 14.0 Å². The Kier molecular flexibility index (Phi) is 5.89. The number of aromatic nitrogens is 1. The summed E-state index contributed by atoms with van der Waals surface area (Å²) in [6, 6.07) is 17.9. The first-order valence-electron chi connectivity index (χ1n) is 10.0. The van der Waals surface area contributed by atoms with Crippen LogP contribution in [0.1, 0.15) is 37.7 Å². The number of ether oxygens (including phenoxy) is 2. The van der Waals surface area contributed by atoms with E-state index in [0.29, 0.717) is 28.3 Å². The van der Waals surface area contributed by atoms with Crippen LogP contribution in [0, 0.1) is 13.8 Å². The molecule has 3 aromatic carbocycles. The predicted octanol–water partition coefficient (Wildman–Crippen LogP) is 5.06. The molecule has 32 heavy (non-hydrogen) atoms. The highest BCUT2D eigenvalue weighted by atomic mass is 16.5. The molecule has 4 aromatic rings. The van der Waals surface area contributed by atoms with Crippen LogP contribution in [0.4, 0.5) is 5.69 Å². The van der Waals surface area contributed by atoms with Gasteiger partial charge in [0.05, 0.1) is 29.5 Å². The number of rotatable bonds is 6. The average molecular weight is 430 g/mol. The maximum atomic E-state index is 13.1. The molecular formula is C25H22N2O5. The standard InChI is InChI=1S/C25H22N2O5/c1-15-22(16(2)32-27-15)14-31-23-13-19-7-5-4-6-18(19)12-21(23)24(28)26-20-10-8-17(9-11-20)25(29)30-3/h4-13H,14H2,1-3H3,(H,26,28). The molecule has 0 spiro atoms. The molecule has 4 rings (SSSR count). The van der Waals surface area contributed by atoms with Crippen molar-refractivity contribution in [1.29, 1.82) is 0 Å². The van der Waals surface area contributed by atoms with Gasteiger partial charge in [-0.15, -0.1) is 0 Å². The van der Waals surface area contributed by atoms with Crippen molar-refractivity contribution >= 4 is 28.3 Å². The second-order valence-electron chi connectivity index (χ2n) is 7.31. The van der Waals surface area contributed by atoms with E-state index in [9.17, 15) is 9.59 Å². The highest BCUT2D eigenvalue weighted by Gasteiger charge is 2.17. The second-order valence-corrected chi connectivity index (χ2v) is 7.31. The summed E-state index contributed by atoms with van der Waals surface area (Å²) in [5, 5.41) is 8.69. The van der Waals surface area contributed by atoms with Gasteiger partial charge in [0, 0.05) is 5.69 Å². The third kappa shape index (κ3) is 4.32. The fraction of sp³-hybridized carbons (Fsp3) is 0.160. The van der Waals surface area contributed by atoms with Gasteiger partial charge in [-0.25, -0.2) is 4.79 Å². The van der Waals surface area contributed by atoms with E-state index < -0.39 is 5.97 Å². The van der Waals surface area contributed by atoms with Crippen molar-refractivity contribution < 1.29 is 23.6 Å². The van der Waals surface area contributed by atoms with Gasteiger partial charge in [-0.2, -0.15) is 0 Å². The third-order valence-corrected chi connectivity index (χ3v) is 5.21. The summed E-state index contributed by atoms with van der Waals surface area (Å²) in [5.41, 5.74) is 2.95. The van der Waals surface area contributed by atoms with E-state index in [-0.39, 0.29) is 12.5 Å². The normalized spacial score (nSPS) is 10.7. The van der Waals surface area contributed by atoms with Gasteiger partial charge in [-0.1, -0.05) is 29.4 Å². The average Bonchev–Trinajstić information content (AvgIpc) is 3.14. The summed E-state index contributed by atoms with van der Waals surface area (Å²) < 4.78 is 16.0. The molecule has 0 radical (unpaired) electrons. The summed E-state index contributed by atoms with van der Waals surface area (Å²) in [6.07, 6.45) is 0. The number of aryl methyl sites for hydroxylation is 2. The maximum absolute atomic E-state index is 13.1. The Morgan fingerprint density at radius 1 is 1.00 bits per heavy atom. The van der Waals surface area contributed by atoms with Crippen LogP contribution in [0.2, 0.25) is 0 Å². The molecule has 0 unspecified atom stereocenters. The monoisotopic (exact) mass is 430 g/mol. The molecule has 0 fully saturated rings. The summed E-state index contributed by atoms with van der Waals surface area (Å²) in [6.45, 7) is 3.90. The Labute approximate surface area is 184 Å². The fourth-order valence-electron chi connectivity index (χ4n) is 3.38. The first-order chi connectivity index (χ1) is 15.5. The molecule has 1 aromatic heterocycles. The number of hydrogen-bond acceptors (Lipinski definition) is 6. The quantitative estimate of drug-likeness (QED) is 0.430. The number of fused-ring (bicyclic) bond motifs is 1. The number of methoxy groups -OCH3 is 1. The molecule has 7 heteroatoms. The first-order valence-corrected chi connectivity index (χ1v) is 10.0. The number of nitrogens with zero attached hydrogens (tertiary/aromatic N) is 1. The van der Waals surface area contributed by atoms with Crippen molar-refractivity contribution in [3.8, 4) is 5.75 Å². The van der Waals surface area contributed by atoms with Gasteiger partial charge in [-0.05, 0) is 61.0 Å². The van der Waals surface area contributed by atoms with Crippen molar-refractivity contribution in [3.63, 3.8) is 0 Å². The van der Waals surface area contributed by atoms with Gasteiger partial charge in [0.2, 0.25) is 0 Å². The van der Waals surface area contributed by atoms with Crippen molar-refractivity contribution in [2.24, 2.45) is 0 Å². The number of hydrogen-bond donors (Lipinski definition) is 1. The van der Waals surface area contributed by atoms with E-state index in [0.717, 1.165) is 22.0 Å². The lowest BCUT2D eigenvalue weighted by molar-refractivity contribution is 0.0600. The SMILES string of the molecule is COC(=O)c1ccc(NC(=O)c2cc3ccccc3cc2OCc2c(C)noc2C)cc1. The van der Waals surface area contributed by atoms with Crippen molar-refractivity contribution in [1.82, 2.24) is 5.16 Å². The molecule has 0 aliphatic rings. The van der Waals surface area contributed by atoms with Crippen LogP contribution in [0.15, 0.2) is 65.2 Å². The molecule has 0 aliphatic carbocycles. The summed E-state index contributed by atoms with van der Waals surface area (Å²) in [4.78, 5) is 24.8. The highest BCUT2D eigenvalue weighted by Crippen LogP contribution is 2.28. The summed E-state index contributed by atoms with van der Waals surface area (Å²) in [7, 11) is 1.32. The largest absolute Gasteiger partial charge is 0.488 e. The Morgan fingerprint density at radius 3 is 2.31 bits per heavy atom. The molecule has 0 aliphatic heterocycles. The zero-order valence-corrected chi connectivity index (χ0v) is 18.0. The number of carbonyl (C=O) groups is 2. The first kappa shape index (κ1) is 21.1. The molecule has 1 heterocycles. The Bertz CT molecular complexity index is 1270. The zero-order chi connectivity index (χ0) is 22.7. The van der Waals surface area contributed by atoms with Crippen LogP contribution in [0.25, 0.3) is 10.8 Å². The van der Waals surface area contributed by atoms with Crippen LogP contribution in [0.5, 0.6) is 5.75 Å². The minimum Gasteiger partial charge on any atom is -0.488 e. The lowest BCUT2D eigenvalue weighted by Gasteiger charge is -2.14. The Morgan fingerprint density at radius 2 is 1.69 bits per heavy atom. The number of anilines is 1. The van der Waals surface area contributed by atoms with Gasteiger partial charge >= 0.3 is 5.97 Å². The van der Waals surface area contributed by atoms with Crippen LogP contribution in [0.3, 0.4) is 0 Å². The van der Waals surface area contributed by atoms with E-state index >= 15 is 0 Å². The number of carbonyl (C=O) groups excluding carboxylic acids is 2.